The van der Waals surface area contributed by atoms with Crippen LogP contribution in [0.3, 0.4) is 0 Å². The van der Waals surface area contributed by atoms with E-state index in [1.807, 2.05) is 24.4 Å². The van der Waals surface area contributed by atoms with Gasteiger partial charge in [-0.25, -0.2) is 14.8 Å². The Labute approximate surface area is 256 Å². The van der Waals surface area contributed by atoms with Crippen LogP contribution in [-0.4, -0.2) is 72.6 Å². The number of nitriles is 1. The van der Waals surface area contributed by atoms with E-state index in [0.29, 0.717) is 45.1 Å². The Bertz CT molecular complexity index is 1250. The molecule has 0 radical (unpaired) electrons. The van der Waals surface area contributed by atoms with Gasteiger partial charge in [0.2, 0.25) is 0 Å². The highest BCUT2D eigenvalue weighted by molar-refractivity contribution is 5.78. The molecule has 0 amide bonds. The molecule has 3 N–H and O–H groups in total. The number of esters is 1. The fourth-order valence-electron chi connectivity index (χ4n) is 5.67. The fraction of sp³-hybridized carbons (Fsp3) is 0.636. The molecule has 4 rings (SSSR count). The predicted octanol–water partition coefficient (Wildman–Crippen LogP) is 5.24. The molecular formula is C33H48N6O4. The van der Waals surface area contributed by atoms with Crippen molar-refractivity contribution in [3.63, 3.8) is 0 Å². The summed E-state index contributed by atoms with van der Waals surface area (Å²) in [5.41, 5.74) is 1.61. The maximum absolute atomic E-state index is 12.1. The number of hydrogen-bond acceptors (Lipinski definition) is 10. The summed E-state index contributed by atoms with van der Waals surface area (Å²) in [7, 11) is 0. The maximum Gasteiger partial charge on any atom is 0.337 e. The minimum Gasteiger partial charge on any atom is -0.464 e. The van der Waals surface area contributed by atoms with E-state index in [-0.39, 0.29) is 12.0 Å². The number of ether oxygens (including phenoxy) is 3. The smallest absolute Gasteiger partial charge is 0.337 e. The Morgan fingerprint density at radius 1 is 1.19 bits per heavy atom. The van der Waals surface area contributed by atoms with Crippen LogP contribution in [0.2, 0.25) is 0 Å². The van der Waals surface area contributed by atoms with Gasteiger partial charge < -0.3 is 30.2 Å². The summed E-state index contributed by atoms with van der Waals surface area (Å²) < 4.78 is 16.5. The topological polar surface area (TPSA) is 130 Å². The van der Waals surface area contributed by atoms with Crippen LogP contribution in [0.15, 0.2) is 30.5 Å². The van der Waals surface area contributed by atoms with Crippen molar-refractivity contribution < 1.29 is 19.0 Å². The van der Waals surface area contributed by atoms with Gasteiger partial charge in [0.15, 0.2) is 5.60 Å². The van der Waals surface area contributed by atoms with Gasteiger partial charge in [-0.15, -0.1) is 0 Å². The molecule has 1 saturated heterocycles. The lowest BCUT2D eigenvalue weighted by Crippen LogP contribution is -2.45. The number of carbonyl (C=O) groups excluding carboxylic acids is 1. The Hall–Kier alpha value is -3.26. The summed E-state index contributed by atoms with van der Waals surface area (Å²) >= 11 is 0. The molecule has 3 heterocycles. The number of anilines is 2. The van der Waals surface area contributed by atoms with Crippen LogP contribution in [-0.2, 0) is 19.0 Å². The van der Waals surface area contributed by atoms with Crippen molar-refractivity contribution in [2.45, 2.75) is 96.9 Å². The van der Waals surface area contributed by atoms with Crippen LogP contribution in [0.25, 0.3) is 11.3 Å². The molecular weight excluding hydrogens is 544 g/mol. The third-order valence-electron chi connectivity index (χ3n) is 8.48. The van der Waals surface area contributed by atoms with E-state index < -0.39 is 11.0 Å². The Kier molecular flexibility index (Phi) is 11.4. The second-order valence-electron chi connectivity index (χ2n) is 12.5. The SMILES string of the molecule is CCOC(=O)C(C)(C)OC[C@H](C)N[C@H]1CC[C@H](Nc2cc(-c3cccc(NCC4(C#N)CCOCC4)n3)c(C)cn2)CC1. The quantitative estimate of drug-likeness (QED) is 0.265. The van der Waals surface area contributed by atoms with Gasteiger partial charge in [-0.2, -0.15) is 5.26 Å². The number of aromatic nitrogens is 2. The molecule has 2 aliphatic rings. The fourth-order valence-corrected chi connectivity index (χ4v) is 5.67. The molecule has 0 unspecified atom stereocenters. The minimum absolute atomic E-state index is 0.129. The number of carbonyl (C=O) groups is 1. The van der Waals surface area contributed by atoms with Crippen LogP contribution >= 0.6 is 0 Å². The van der Waals surface area contributed by atoms with Crippen LogP contribution in [0, 0.1) is 23.7 Å². The van der Waals surface area contributed by atoms with Gasteiger partial charge in [0.05, 0.1) is 30.4 Å². The first kappa shape index (κ1) is 32.6. The van der Waals surface area contributed by atoms with Crippen LogP contribution in [0.1, 0.15) is 71.8 Å². The molecule has 0 aromatic carbocycles. The van der Waals surface area contributed by atoms with Crippen molar-refractivity contribution in [1.29, 1.82) is 5.26 Å². The second kappa shape index (κ2) is 15.0. The van der Waals surface area contributed by atoms with E-state index in [4.69, 9.17) is 19.2 Å². The third-order valence-corrected chi connectivity index (χ3v) is 8.48. The molecule has 0 spiro atoms. The first-order valence-corrected chi connectivity index (χ1v) is 15.6. The van der Waals surface area contributed by atoms with Crippen LogP contribution < -0.4 is 16.0 Å². The van der Waals surface area contributed by atoms with Gasteiger partial charge >= 0.3 is 5.97 Å². The highest BCUT2D eigenvalue weighted by atomic mass is 16.6. The molecule has 43 heavy (non-hydrogen) atoms. The molecule has 10 heteroatoms. The van der Waals surface area contributed by atoms with E-state index in [1.54, 1.807) is 20.8 Å². The maximum atomic E-state index is 12.1. The number of pyridine rings is 2. The number of hydrogen-bond donors (Lipinski definition) is 3. The molecule has 2 fully saturated rings. The highest BCUT2D eigenvalue weighted by Gasteiger charge is 2.33. The number of nitrogens with zero attached hydrogens (tertiary/aromatic N) is 3. The van der Waals surface area contributed by atoms with Gasteiger partial charge in [0.1, 0.15) is 11.6 Å². The summed E-state index contributed by atoms with van der Waals surface area (Å²) in [6.07, 6.45) is 7.53. The van der Waals surface area contributed by atoms with E-state index >= 15 is 0 Å². The molecule has 1 saturated carbocycles. The van der Waals surface area contributed by atoms with Gasteiger partial charge in [0, 0.05) is 49.6 Å². The second-order valence-corrected chi connectivity index (χ2v) is 12.5. The monoisotopic (exact) mass is 592 g/mol. The van der Waals surface area contributed by atoms with Crippen molar-refractivity contribution in [1.82, 2.24) is 15.3 Å². The number of aryl methyl sites for hydroxylation is 1. The lowest BCUT2D eigenvalue weighted by molar-refractivity contribution is -0.168. The van der Waals surface area contributed by atoms with E-state index in [1.165, 1.54) is 0 Å². The van der Waals surface area contributed by atoms with E-state index in [9.17, 15) is 10.1 Å². The average molecular weight is 593 g/mol. The summed E-state index contributed by atoms with van der Waals surface area (Å²) in [5.74, 6) is 1.28. The zero-order valence-electron chi connectivity index (χ0n) is 26.4. The zero-order chi connectivity index (χ0) is 30.9. The summed E-state index contributed by atoms with van der Waals surface area (Å²) in [4.78, 5) is 21.6. The first-order valence-electron chi connectivity index (χ1n) is 15.6. The van der Waals surface area contributed by atoms with E-state index in [2.05, 4.69) is 46.9 Å². The standard InChI is InChI=1S/C33H48N6O4/c1-6-42-31(40)32(4,5)43-20-24(3)37-25-10-12-26(13-11-25)38-30-18-27(23(2)19-35-30)28-8-7-9-29(39-28)36-22-33(21-34)14-16-41-17-15-33/h7-9,18-19,24-26,37H,6,10-17,20,22H2,1-5H3,(H,35,38)(H,36,39)/t24-,25-,26-/m0/s1. The van der Waals surface area contributed by atoms with Gasteiger partial charge in [-0.1, -0.05) is 6.07 Å². The molecule has 2 aromatic rings. The van der Waals surface area contributed by atoms with E-state index in [0.717, 1.165) is 67.0 Å². The lowest BCUT2D eigenvalue weighted by atomic mass is 9.82. The van der Waals surface area contributed by atoms with Crippen molar-refractivity contribution in [2.75, 3.05) is 43.6 Å². The molecule has 2 aromatic heterocycles. The molecule has 1 aliphatic heterocycles. The average Bonchev–Trinajstić information content (AvgIpc) is 3.02. The summed E-state index contributed by atoms with van der Waals surface area (Å²) in [6.45, 7) is 12.0. The molecule has 10 nitrogen and oxygen atoms in total. The number of rotatable bonds is 13. The summed E-state index contributed by atoms with van der Waals surface area (Å²) in [5, 5.41) is 20.5. The van der Waals surface area contributed by atoms with Crippen LogP contribution in [0.5, 0.6) is 0 Å². The Morgan fingerprint density at radius 3 is 2.60 bits per heavy atom. The lowest BCUT2D eigenvalue weighted by Gasteiger charge is -2.33. The first-order chi connectivity index (χ1) is 20.6. The minimum atomic E-state index is -0.953. The van der Waals surface area contributed by atoms with Gasteiger partial charge in [0.25, 0.3) is 0 Å². The molecule has 0 bridgehead atoms. The molecule has 1 aliphatic carbocycles. The van der Waals surface area contributed by atoms with Crippen LogP contribution in [0.4, 0.5) is 11.6 Å². The molecule has 234 valence electrons. The van der Waals surface area contributed by atoms with Crippen molar-refractivity contribution in [2.24, 2.45) is 5.41 Å². The van der Waals surface area contributed by atoms with Gasteiger partial charge in [-0.05, 0) is 96.9 Å². The Balaban J connectivity index is 1.28. The largest absolute Gasteiger partial charge is 0.464 e. The normalized spacial score (nSPS) is 20.9. The van der Waals surface area contributed by atoms with Crippen molar-refractivity contribution in [3.05, 3.63) is 36.0 Å². The van der Waals surface area contributed by atoms with Crippen molar-refractivity contribution >= 4 is 17.6 Å². The predicted molar refractivity (Wildman–Crippen MR) is 168 cm³/mol. The summed E-state index contributed by atoms with van der Waals surface area (Å²) in [6, 6.07) is 11.4. The zero-order valence-corrected chi connectivity index (χ0v) is 26.4. The third kappa shape index (κ3) is 9.12. The molecule has 1 atom stereocenters. The van der Waals surface area contributed by atoms with Crippen molar-refractivity contribution in [3.8, 4) is 17.3 Å². The highest BCUT2D eigenvalue weighted by Crippen LogP contribution is 2.31. The van der Waals surface area contributed by atoms with Gasteiger partial charge in [-0.3, -0.25) is 0 Å². The number of nitrogens with one attached hydrogen (secondary N) is 3. The Morgan fingerprint density at radius 2 is 1.91 bits per heavy atom.